The van der Waals surface area contributed by atoms with Gasteiger partial charge in [0.25, 0.3) is 5.91 Å². The molecule has 1 aliphatic heterocycles. The Hall–Kier alpha value is -3.34. The molecule has 3 atom stereocenters. The SMILES string of the molecule is COc1cccc2[nH]c(C(=O)N3CC4(CC4)CC3C(=O)NC(C#N)CC3CCCC3=O)cc12. The number of carbonyl (C=O) groups excluding carboxylic acids is 3. The smallest absolute Gasteiger partial charge is 0.271 e. The molecule has 1 aromatic carbocycles. The van der Waals surface area contributed by atoms with Gasteiger partial charge in [0.15, 0.2) is 0 Å². The normalized spacial score (nSPS) is 24.1. The maximum Gasteiger partial charge on any atom is 0.271 e. The van der Waals surface area contributed by atoms with Crippen molar-refractivity contribution in [3.05, 3.63) is 30.0 Å². The van der Waals surface area contributed by atoms with Crippen LogP contribution in [0, 0.1) is 22.7 Å². The average Bonchev–Trinajstić information content (AvgIpc) is 3.13. The number of hydrogen-bond acceptors (Lipinski definition) is 5. The van der Waals surface area contributed by atoms with Crippen LogP contribution >= 0.6 is 0 Å². The molecule has 2 amide bonds. The summed E-state index contributed by atoms with van der Waals surface area (Å²) in [4.78, 5) is 43.5. The third-order valence-electron chi connectivity index (χ3n) is 7.53. The second-order valence-electron chi connectivity index (χ2n) is 9.74. The van der Waals surface area contributed by atoms with E-state index in [1.54, 1.807) is 18.1 Å². The number of aromatic amines is 1. The minimum atomic E-state index is -0.727. The lowest BCUT2D eigenvalue weighted by atomic mass is 9.97. The van der Waals surface area contributed by atoms with Crippen molar-refractivity contribution >= 4 is 28.5 Å². The summed E-state index contributed by atoms with van der Waals surface area (Å²) in [5, 5.41) is 13.2. The van der Waals surface area contributed by atoms with Crippen LogP contribution in [-0.4, -0.2) is 53.2 Å². The van der Waals surface area contributed by atoms with Crippen molar-refractivity contribution in [1.82, 2.24) is 15.2 Å². The molecule has 2 aromatic rings. The Labute approximate surface area is 192 Å². The third-order valence-corrected chi connectivity index (χ3v) is 7.53. The molecule has 0 radical (unpaired) electrons. The number of methoxy groups -OCH3 is 1. The third kappa shape index (κ3) is 3.97. The molecular formula is C25H28N4O4. The Balaban J connectivity index is 1.34. The van der Waals surface area contributed by atoms with E-state index < -0.39 is 12.1 Å². The van der Waals surface area contributed by atoms with E-state index in [2.05, 4.69) is 16.4 Å². The van der Waals surface area contributed by atoms with E-state index in [4.69, 9.17) is 4.74 Å². The first-order valence-corrected chi connectivity index (χ1v) is 11.6. The Kier molecular flexibility index (Phi) is 5.35. The molecule has 2 saturated carbocycles. The fourth-order valence-electron chi connectivity index (χ4n) is 5.45. The molecule has 1 saturated heterocycles. The molecule has 3 aliphatic rings. The summed E-state index contributed by atoms with van der Waals surface area (Å²) in [6.45, 7) is 0.536. The predicted octanol–water partition coefficient (Wildman–Crippen LogP) is 2.94. The molecule has 8 heteroatoms. The topological polar surface area (TPSA) is 115 Å². The summed E-state index contributed by atoms with van der Waals surface area (Å²) in [5.41, 5.74) is 1.22. The van der Waals surface area contributed by atoms with Crippen molar-refractivity contribution in [3.63, 3.8) is 0 Å². The van der Waals surface area contributed by atoms with Crippen molar-refractivity contribution in [3.8, 4) is 11.8 Å². The molecule has 8 nitrogen and oxygen atoms in total. The highest BCUT2D eigenvalue weighted by molar-refractivity contribution is 6.02. The summed E-state index contributed by atoms with van der Waals surface area (Å²) in [5.74, 6) is 0.158. The second-order valence-corrected chi connectivity index (χ2v) is 9.74. The average molecular weight is 449 g/mol. The van der Waals surface area contributed by atoms with Crippen LogP contribution in [0.2, 0.25) is 0 Å². The van der Waals surface area contributed by atoms with Gasteiger partial charge in [-0.2, -0.15) is 5.26 Å². The first-order chi connectivity index (χ1) is 15.9. The van der Waals surface area contributed by atoms with Gasteiger partial charge in [0.05, 0.1) is 13.2 Å². The number of amides is 2. The zero-order valence-electron chi connectivity index (χ0n) is 18.7. The molecule has 3 unspecified atom stereocenters. The number of nitriles is 1. The maximum atomic E-state index is 13.5. The van der Waals surface area contributed by atoms with Gasteiger partial charge in [-0.1, -0.05) is 6.07 Å². The van der Waals surface area contributed by atoms with Crippen LogP contribution in [0.3, 0.4) is 0 Å². The number of carbonyl (C=O) groups is 3. The van der Waals surface area contributed by atoms with E-state index in [0.29, 0.717) is 37.3 Å². The summed E-state index contributed by atoms with van der Waals surface area (Å²) < 4.78 is 5.40. The van der Waals surface area contributed by atoms with Gasteiger partial charge < -0.3 is 19.9 Å². The molecule has 2 N–H and O–H groups in total. The van der Waals surface area contributed by atoms with Gasteiger partial charge in [0.1, 0.15) is 29.3 Å². The number of hydrogen-bond donors (Lipinski definition) is 2. The van der Waals surface area contributed by atoms with Crippen molar-refractivity contribution in [2.45, 2.75) is 57.0 Å². The molecule has 0 bridgehead atoms. The summed E-state index contributed by atoms with van der Waals surface area (Å²) in [6, 6.07) is 8.14. The number of aromatic nitrogens is 1. The number of nitrogens with zero attached hydrogens (tertiary/aromatic N) is 2. The van der Waals surface area contributed by atoms with E-state index in [-0.39, 0.29) is 28.9 Å². The van der Waals surface area contributed by atoms with Gasteiger partial charge in [-0.3, -0.25) is 14.4 Å². The quantitative estimate of drug-likeness (QED) is 0.705. The Morgan fingerprint density at radius 2 is 2.21 bits per heavy atom. The number of ketones is 1. The van der Waals surface area contributed by atoms with Crippen LogP contribution in [0.15, 0.2) is 24.3 Å². The van der Waals surface area contributed by atoms with Gasteiger partial charge >= 0.3 is 0 Å². The molecule has 1 aromatic heterocycles. The molecule has 2 aliphatic carbocycles. The van der Waals surface area contributed by atoms with E-state index >= 15 is 0 Å². The maximum absolute atomic E-state index is 13.5. The van der Waals surface area contributed by atoms with Crippen LogP contribution in [0.1, 0.15) is 55.4 Å². The van der Waals surface area contributed by atoms with E-state index in [0.717, 1.165) is 36.6 Å². The monoisotopic (exact) mass is 448 g/mol. The predicted molar refractivity (Wildman–Crippen MR) is 120 cm³/mol. The van der Waals surface area contributed by atoms with Crippen LogP contribution < -0.4 is 10.1 Å². The van der Waals surface area contributed by atoms with Crippen molar-refractivity contribution in [1.29, 1.82) is 5.26 Å². The summed E-state index contributed by atoms with van der Waals surface area (Å²) in [6.07, 6.45) is 5.12. The number of rotatable bonds is 6. The first kappa shape index (κ1) is 21.5. The van der Waals surface area contributed by atoms with Gasteiger partial charge in [0.2, 0.25) is 5.91 Å². The number of ether oxygens (including phenoxy) is 1. The van der Waals surface area contributed by atoms with Crippen LogP contribution in [-0.2, 0) is 9.59 Å². The molecule has 33 heavy (non-hydrogen) atoms. The van der Waals surface area contributed by atoms with Crippen LogP contribution in [0.5, 0.6) is 5.75 Å². The lowest BCUT2D eigenvalue weighted by Gasteiger charge is -2.25. The summed E-state index contributed by atoms with van der Waals surface area (Å²) >= 11 is 0. The molecule has 3 fully saturated rings. The van der Waals surface area contributed by atoms with E-state index in [1.165, 1.54) is 0 Å². The molecule has 2 heterocycles. The van der Waals surface area contributed by atoms with Gasteiger partial charge in [0, 0.05) is 29.8 Å². The lowest BCUT2D eigenvalue weighted by Crippen LogP contribution is -2.49. The summed E-state index contributed by atoms with van der Waals surface area (Å²) in [7, 11) is 1.59. The number of fused-ring (bicyclic) bond motifs is 1. The van der Waals surface area contributed by atoms with Gasteiger partial charge in [-0.25, -0.2) is 0 Å². The Morgan fingerprint density at radius 1 is 1.39 bits per heavy atom. The fraction of sp³-hybridized carbons (Fsp3) is 0.520. The Bertz CT molecular complexity index is 1160. The van der Waals surface area contributed by atoms with E-state index in [9.17, 15) is 19.6 Å². The number of H-pyrrole nitrogens is 1. The molecular weight excluding hydrogens is 420 g/mol. The van der Waals surface area contributed by atoms with Crippen molar-refractivity contribution in [2.75, 3.05) is 13.7 Å². The lowest BCUT2D eigenvalue weighted by molar-refractivity contribution is -0.126. The minimum absolute atomic E-state index is 0.00489. The number of Topliss-reactive ketones (excluding diaryl/α,β-unsaturated/α-hetero) is 1. The van der Waals surface area contributed by atoms with E-state index in [1.807, 2.05) is 18.2 Å². The van der Waals surface area contributed by atoms with Crippen molar-refractivity contribution < 1.29 is 19.1 Å². The van der Waals surface area contributed by atoms with Gasteiger partial charge in [-0.05, 0) is 62.1 Å². The van der Waals surface area contributed by atoms with Crippen LogP contribution in [0.4, 0.5) is 0 Å². The van der Waals surface area contributed by atoms with Gasteiger partial charge in [-0.15, -0.1) is 0 Å². The number of likely N-dealkylation sites (tertiary alicyclic amines) is 1. The first-order valence-electron chi connectivity index (χ1n) is 11.6. The standard InChI is InChI=1S/C25H28N4O4/c1-33-22-7-3-5-18-17(22)11-19(28-18)24(32)29-14-25(8-9-25)12-20(29)23(31)27-16(13-26)10-15-4-2-6-21(15)30/h3,5,7,11,15-16,20,28H,2,4,6,8-10,12,14H2,1H3,(H,27,31). The largest absolute Gasteiger partial charge is 0.496 e. The highest BCUT2D eigenvalue weighted by Crippen LogP contribution is 2.55. The highest BCUT2D eigenvalue weighted by atomic mass is 16.5. The number of nitrogens with one attached hydrogen (secondary N) is 2. The second kappa shape index (κ2) is 8.22. The molecule has 1 spiro atoms. The van der Waals surface area contributed by atoms with Crippen LogP contribution in [0.25, 0.3) is 10.9 Å². The molecule has 172 valence electrons. The number of benzene rings is 1. The minimum Gasteiger partial charge on any atom is -0.496 e. The highest BCUT2D eigenvalue weighted by Gasteiger charge is 2.55. The molecule has 5 rings (SSSR count). The zero-order chi connectivity index (χ0) is 23.2. The Morgan fingerprint density at radius 3 is 2.88 bits per heavy atom. The zero-order valence-corrected chi connectivity index (χ0v) is 18.7. The van der Waals surface area contributed by atoms with Crippen molar-refractivity contribution in [2.24, 2.45) is 11.3 Å². The fourth-order valence-corrected chi connectivity index (χ4v) is 5.45.